The first-order valence-corrected chi connectivity index (χ1v) is 10.4. The number of nitrogens with zero attached hydrogens (tertiary/aromatic N) is 2. The van der Waals surface area contributed by atoms with E-state index in [0.29, 0.717) is 40.3 Å². The van der Waals surface area contributed by atoms with E-state index in [2.05, 4.69) is 10.4 Å². The van der Waals surface area contributed by atoms with Crippen molar-refractivity contribution >= 4 is 34.9 Å². The number of amides is 1. The Morgan fingerprint density at radius 3 is 2.45 bits per heavy atom. The molecule has 0 bridgehead atoms. The lowest BCUT2D eigenvalue weighted by molar-refractivity contribution is 0.102. The highest BCUT2D eigenvalue weighted by atomic mass is 35.5. The Labute approximate surface area is 190 Å². The highest BCUT2D eigenvalue weighted by molar-refractivity contribution is 6.33. The molecule has 0 aliphatic rings. The predicted molar refractivity (Wildman–Crippen MR) is 123 cm³/mol. The minimum atomic E-state index is -0.291. The summed E-state index contributed by atoms with van der Waals surface area (Å²) in [6.45, 7) is 0.892. The summed E-state index contributed by atoms with van der Waals surface area (Å²) in [5.41, 5.74) is 2.45. The number of hydrogen-bond donors (Lipinski definition) is 1. The number of carbonyl (C=O) groups is 1. The van der Waals surface area contributed by atoms with Crippen LogP contribution in [0.25, 0.3) is 0 Å². The molecule has 3 aromatic carbocycles. The van der Waals surface area contributed by atoms with Gasteiger partial charge in [-0.2, -0.15) is 5.10 Å². The van der Waals surface area contributed by atoms with E-state index >= 15 is 0 Å². The minimum absolute atomic E-state index is 0.291. The molecule has 0 spiro atoms. The molecule has 1 N–H and O–H groups in total. The van der Waals surface area contributed by atoms with E-state index in [-0.39, 0.29) is 5.91 Å². The van der Waals surface area contributed by atoms with Gasteiger partial charge in [-0.3, -0.25) is 9.48 Å². The summed E-state index contributed by atoms with van der Waals surface area (Å²) in [7, 11) is 0. The molecule has 1 heterocycles. The number of aromatic nitrogens is 2. The second kappa shape index (κ2) is 9.69. The van der Waals surface area contributed by atoms with E-state index < -0.39 is 0 Å². The molecule has 5 nitrogen and oxygen atoms in total. The molecule has 0 aliphatic carbocycles. The molecule has 0 fully saturated rings. The maximum Gasteiger partial charge on any atom is 0.256 e. The summed E-state index contributed by atoms with van der Waals surface area (Å²) in [5.74, 6) is 0.737. The summed E-state index contributed by atoms with van der Waals surface area (Å²) in [6, 6.07) is 24.2. The molecule has 1 aromatic heterocycles. The van der Waals surface area contributed by atoms with Crippen LogP contribution in [0.15, 0.2) is 85.1 Å². The third-order valence-corrected chi connectivity index (χ3v) is 5.07. The monoisotopic (exact) mass is 451 g/mol. The molecule has 156 valence electrons. The molecule has 4 aromatic rings. The zero-order valence-corrected chi connectivity index (χ0v) is 18.0. The van der Waals surface area contributed by atoms with E-state index in [0.717, 1.165) is 11.1 Å². The van der Waals surface area contributed by atoms with Crippen LogP contribution in [0.2, 0.25) is 10.0 Å². The zero-order chi connectivity index (χ0) is 21.6. The fourth-order valence-electron chi connectivity index (χ4n) is 3.01. The Morgan fingerprint density at radius 1 is 0.935 bits per heavy atom. The van der Waals surface area contributed by atoms with Crippen LogP contribution in [-0.4, -0.2) is 15.7 Å². The number of halogens is 2. The molecule has 0 unspecified atom stereocenters. The number of carbonyl (C=O) groups excluding carboxylic acids is 1. The third kappa shape index (κ3) is 5.66. The van der Waals surface area contributed by atoms with Crippen LogP contribution in [0, 0.1) is 0 Å². The molecular formula is C24H19Cl2N3O2. The average Bonchev–Trinajstić information content (AvgIpc) is 3.12. The summed E-state index contributed by atoms with van der Waals surface area (Å²) in [5, 5.41) is 8.20. The van der Waals surface area contributed by atoms with Crippen LogP contribution < -0.4 is 10.1 Å². The van der Waals surface area contributed by atoms with Crippen LogP contribution in [0.4, 0.5) is 5.82 Å². The highest BCUT2D eigenvalue weighted by Crippen LogP contribution is 2.21. The maximum atomic E-state index is 12.7. The Kier molecular flexibility index (Phi) is 6.55. The molecule has 0 radical (unpaired) electrons. The highest BCUT2D eigenvalue weighted by Gasteiger charge is 2.13. The van der Waals surface area contributed by atoms with Crippen LogP contribution in [0.1, 0.15) is 21.5 Å². The largest absolute Gasteiger partial charge is 0.489 e. The number of hydrogen-bond acceptors (Lipinski definition) is 3. The van der Waals surface area contributed by atoms with Crippen molar-refractivity contribution in [3.8, 4) is 5.75 Å². The van der Waals surface area contributed by atoms with Crippen LogP contribution >= 0.6 is 23.2 Å². The van der Waals surface area contributed by atoms with Gasteiger partial charge in [-0.1, -0.05) is 65.7 Å². The van der Waals surface area contributed by atoms with Gasteiger partial charge in [0.2, 0.25) is 0 Å². The lowest BCUT2D eigenvalue weighted by Gasteiger charge is -2.08. The van der Waals surface area contributed by atoms with Gasteiger partial charge in [-0.05, 0) is 47.5 Å². The van der Waals surface area contributed by atoms with Gasteiger partial charge in [0.05, 0.1) is 6.54 Å². The molecule has 7 heteroatoms. The smallest absolute Gasteiger partial charge is 0.256 e. The number of nitrogens with one attached hydrogen (secondary N) is 1. The van der Waals surface area contributed by atoms with Crippen molar-refractivity contribution in [3.05, 3.63) is 112 Å². The SMILES string of the molecule is O=C(Nc1nn(Cc2ccccc2)cc1Cl)c1cccc(COc2ccc(Cl)cc2)c1. The number of ether oxygens (including phenoxy) is 1. The average molecular weight is 452 g/mol. The van der Waals surface area contributed by atoms with Gasteiger partial charge in [0.25, 0.3) is 5.91 Å². The fraction of sp³-hybridized carbons (Fsp3) is 0.0833. The zero-order valence-electron chi connectivity index (χ0n) is 16.5. The van der Waals surface area contributed by atoms with Gasteiger partial charge in [-0.15, -0.1) is 0 Å². The molecule has 0 saturated heterocycles. The predicted octanol–water partition coefficient (Wildman–Crippen LogP) is 6.07. The summed E-state index contributed by atoms with van der Waals surface area (Å²) >= 11 is 12.2. The van der Waals surface area contributed by atoms with Crippen molar-refractivity contribution in [3.63, 3.8) is 0 Å². The summed E-state index contributed by atoms with van der Waals surface area (Å²) in [4.78, 5) is 12.7. The van der Waals surface area contributed by atoms with E-state index in [9.17, 15) is 4.79 Å². The van der Waals surface area contributed by atoms with Crippen LogP contribution in [0.5, 0.6) is 5.75 Å². The van der Waals surface area contributed by atoms with Crippen molar-refractivity contribution < 1.29 is 9.53 Å². The standard InChI is InChI=1S/C24H19Cl2N3O2/c25-20-9-11-21(12-10-20)31-16-18-7-4-8-19(13-18)24(30)27-23-22(26)15-29(28-23)14-17-5-2-1-3-6-17/h1-13,15H,14,16H2,(H,27,28,30). The van der Waals surface area contributed by atoms with Crippen LogP contribution in [-0.2, 0) is 13.2 Å². The molecule has 0 aliphatic heterocycles. The van der Waals surface area contributed by atoms with Crippen molar-refractivity contribution in [2.45, 2.75) is 13.2 Å². The van der Waals surface area contributed by atoms with Gasteiger partial charge in [0.15, 0.2) is 5.82 Å². The van der Waals surface area contributed by atoms with Gasteiger partial charge in [-0.25, -0.2) is 0 Å². The molecule has 0 saturated carbocycles. The maximum absolute atomic E-state index is 12.7. The number of anilines is 1. The second-order valence-electron chi connectivity index (χ2n) is 6.91. The third-order valence-electron chi connectivity index (χ3n) is 4.54. The first-order valence-electron chi connectivity index (χ1n) is 9.62. The topological polar surface area (TPSA) is 56.2 Å². The second-order valence-corrected chi connectivity index (χ2v) is 7.75. The van der Waals surface area contributed by atoms with Gasteiger partial charge in [0.1, 0.15) is 17.4 Å². The van der Waals surface area contributed by atoms with Gasteiger partial charge >= 0.3 is 0 Å². The first-order chi connectivity index (χ1) is 15.1. The van der Waals surface area contributed by atoms with Crippen molar-refractivity contribution in [2.24, 2.45) is 0 Å². The normalized spacial score (nSPS) is 10.6. The van der Waals surface area contributed by atoms with Crippen molar-refractivity contribution in [1.82, 2.24) is 9.78 Å². The minimum Gasteiger partial charge on any atom is -0.489 e. The lowest BCUT2D eigenvalue weighted by Crippen LogP contribution is -2.13. The molecular weight excluding hydrogens is 433 g/mol. The Hall–Kier alpha value is -3.28. The summed E-state index contributed by atoms with van der Waals surface area (Å²) in [6.07, 6.45) is 1.69. The van der Waals surface area contributed by atoms with Gasteiger partial charge < -0.3 is 10.1 Å². The Balaban J connectivity index is 1.40. The van der Waals surface area contributed by atoms with Crippen molar-refractivity contribution in [1.29, 1.82) is 0 Å². The first kappa shape index (κ1) is 21.0. The lowest BCUT2D eigenvalue weighted by atomic mass is 10.1. The molecule has 1 amide bonds. The number of benzene rings is 3. The molecule has 4 rings (SSSR count). The Morgan fingerprint density at radius 2 is 1.68 bits per heavy atom. The van der Waals surface area contributed by atoms with E-state index in [1.165, 1.54) is 0 Å². The Bertz CT molecular complexity index is 1180. The van der Waals surface area contributed by atoms with Crippen LogP contribution in [0.3, 0.4) is 0 Å². The van der Waals surface area contributed by atoms with Crippen molar-refractivity contribution in [2.75, 3.05) is 5.32 Å². The quantitative estimate of drug-likeness (QED) is 0.370. The summed E-state index contributed by atoms with van der Waals surface area (Å²) < 4.78 is 7.45. The van der Waals surface area contributed by atoms with E-state index in [4.69, 9.17) is 27.9 Å². The number of rotatable bonds is 7. The fourth-order valence-corrected chi connectivity index (χ4v) is 3.34. The molecule has 31 heavy (non-hydrogen) atoms. The van der Waals surface area contributed by atoms with Gasteiger partial charge in [0, 0.05) is 16.8 Å². The van der Waals surface area contributed by atoms with E-state index in [1.54, 1.807) is 47.3 Å². The van der Waals surface area contributed by atoms with E-state index in [1.807, 2.05) is 42.5 Å². The molecule has 0 atom stereocenters.